The molecule has 0 radical (unpaired) electrons. The molecular formula is C12H23IN4O2S2. The summed E-state index contributed by atoms with van der Waals surface area (Å²) >= 11 is 1.26. The molecule has 122 valence electrons. The van der Waals surface area contributed by atoms with E-state index in [1.165, 1.54) is 29.7 Å². The van der Waals surface area contributed by atoms with E-state index in [0.717, 1.165) is 4.88 Å². The van der Waals surface area contributed by atoms with Gasteiger partial charge in [0.05, 0.1) is 6.54 Å². The van der Waals surface area contributed by atoms with E-state index in [1.807, 2.05) is 19.9 Å². The lowest BCUT2D eigenvalue weighted by molar-refractivity contribution is 0.523. The van der Waals surface area contributed by atoms with Crippen molar-refractivity contribution in [1.82, 2.24) is 14.9 Å². The van der Waals surface area contributed by atoms with E-state index in [1.54, 1.807) is 13.1 Å². The van der Waals surface area contributed by atoms with Crippen molar-refractivity contribution in [2.75, 3.05) is 21.1 Å². The summed E-state index contributed by atoms with van der Waals surface area (Å²) in [6.45, 7) is 4.60. The van der Waals surface area contributed by atoms with Crippen molar-refractivity contribution in [3.05, 3.63) is 17.0 Å². The number of hydrogen-bond acceptors (Lipinski definition) is 4. The van der Waals surface area contributed by atoms with Gasteiger partial charge in [0.15, 0.2) is 5.96 Å². The zero-order valence-corrected chi connectivity index (χ0v) is 16.8. The largest absolute Gasteiger partial charge is 0.354 e. The molecule has 0 bridgehead atoms. The van der Waals surface area contributed by atoms with Crippen LogP contribution in [0.15, 0.2) is 21.3 Å². The van der Waals surface area contributed by atoms with Crippen LogP contribution in [-0.2, 0) is 16.6 Å². The lowest BCUT2D eigenvalue weighted by Crippen LogP contribution is -2.40. The Morgan fingerprint density at radius 1 is 1.38 bits per heavy atom. The summed E-state index contributed by atoms with van der Waals surface area (Å²) in [5.41, 5.74) is 0. The number of guanidine groups is 1. The van der Waals surface area contributed by atoms with Crippen molar-refractivity contribution in [3.63, 3.8) is 0 Å². The van der Waals surface area contributed by atoms with Crippen LogP contribution >= 0.6 is 35.3 Å². The van der Waals surface area contributed by atoms with Gasteiger partial charge in [-0.05, 0) is 26.0 Å². The Hall–Kier alpha value is -0.390. The molecule has 1 heterocycles. The molecule has 1 aromatic heterocycles. The van der Waals surface area contributed by atoms with Crippen molar-refractivity contribution in [2.24, 2.45) is 4.99 Å². The van der Waals surface area contributed by atoms with Crippen LogP contribution in [0.2, 0.25) is 0 Å². The fraction of sp³-hybridized carbons (Fsp3) is 0.583. The van der Waals surface area contributed by atoms with E-state index in [-0.39, 0.29) is 30.0 Å². The molecule has 0 aliphatic carbocycles. The number of sulfonamides is 1. The molecule has 0 saturated heterocycles. The Morgan fingerprint density at radius 2 is 2.00 bits per heavy atom. The molecule has 0 spiro atoms. The molecule has 0 aliphatic rings. The van der Waals surface area contributed by atoms with E-state index in [4.69, 9.17) is 0 Å². The van der Waals surface area contributed by atoms with Gasteiger partial charge in [0.25, 0.3) is 10.0 Å². The molecule has 0 fully saturated rings. The quantitative estimate of drug-likeness (QED) is 0.410. The highest BCUT2D eigenvalue weighted by atomic mass is 127. The molecule has 0 atom stereocenters. The number of rotatable bonds is 5. The first-order valence-electron chi connectivity index (χ1n) is 6.25. The van der Waals surface area contributed by atoms with Crippen LogP contribution in [0, 0.1) is 0 Å². The van der Waals surface area contributed by atoms with Gasteiger partial charge in [0.2, 0.25) is 0 Å². The molecular weight excluding hydrogens is 423 g/mol. The first kappa shape index (κ1) is 20.6. The summed E-state index contributed by atoms with van der Waals surface area (Å²) in [6, 6.07) is 3.74. The molecule has 0 unspecified atom stereocenters. The van der Waals surface area contributed by atoms with Gasteiger partial charge in [-0.2, -0.15) is 0 Å². The summed E-state index contributed by atoms with van der Waals surface area (Å²) in [4.78, 5) is 5.04. The van der Waals surface area contributed by atoms with Crippen LogP contribution in [0.4, 0.5) is 0 Å². The maximum atomic E-state index is 12.0. The zero-order valence-electron chi connectivity index (χ0n) is 12.9. The topological polar surface area (TPSA) is 73.8 Å². The van der Waals surface area contributed by atoms with E-state index in [2.05, 4.69) is 15.6 Å². The van der Waals surface area contributed by atoms with Crippen molar-refractivity contribution < 1.29 is 8.42 Å². The maximum absolute atomic E-state index is 12.0. The summed E-state index contributed by atoms with van der Waals surface area (Å²) < 4.78 is 25.5. The number of aliphatic imine (C=N–C) groups is 1. The molecule has 0 aliphatic heterocycles. The second-order valence-electron chi connectivity index (χ2n) is 4.73. The van der Waals surface area contributed by atoms with Crippen LogP contribution in [0.3, 0.4) is 0 Å². The third kappa shape index (κ3) is 6.09. The van der Waals surface area contributed by atoms with Crippen molar-refractivity contribution in [1.29, 1.82) is 0 Å². The second kappa shape index (κ2) is 8.91. The predicted octanol–water partition coefficient (Wildman–Crippen LogP) is 1.69. The smallest absolute Gasteiger partial charge is 0.252 e. The van der Waals surface area contributed by atoms with E-state index in [9.17, 15) is 8.42 Å². The van der Waals surface area contributed by atoms with Gasteiger partial charge < -0.3 is 10.6 Å². The minimum absolute atomic E-state index is 0. The summed E-state index contributed by atoms with van der Waals surface area (Å²) in [5.74, 6) is 0.699. The number of nitrogens with one attached hydrogen (secondary N) is 2. The Morgan fingerprint density at radius 3 is 2.48 bits per heavy atom. The minimum atomic E-state index is -3.34. The lowest BCUT2D eigenvalue weighted by atomic mass is 10.4. The van der Waals surface area contributed by atoms with Crippen LogP contribution in [0.25, 0.3) is 0 Å². The molecule has 6 nitrogen and oxygen atoms in total. The first-order chi connectivity index (χ1) is 9.27. The SMILES string of the molecule is CN=C(NCc1ccc(S(=O)(=O)N(C)C)s1)NC(C)C.I. The number of hydrogen-bond donors (Lipinski definition) is 2. The third-order valence-corrected chi connectivity index (χ3v) is 5.82. The van der Waals surface area contributed by atoms with Crippen molar-refractivity contribution in [3.8, 4) is 0 Å². The number of nitrogens with zero attached hydrogens (tertiary/aromatic N) is 2. The van der Waals surface area contributed by atoms with Gasteiger partial charge in [-0.25, -0.2) is 12.7 Å². The average molecular weight is 446 g/mol. The highest BCUT2D eigenvalue weighted by molar-refractivity contribution is 14.0. The standard InChI is InChI=1S/C12H22N4O2S2.HI/c1-9(2)15-12(13-3)14-8-10-6-7-11(19-10)20(17,18)16(4)5;/h6-7,9H,8H2,1-5H3,(H2,13,14,15);1H. The normalized spacial score (nSPS) is 12.4. The fourth-order valence-corrected chi connectivity index (χ4v) is 3.88. The summed E-state index contributed by atoms with van der Waals surface area (Å²) in [7, 11) is 1.42. The second-order valence-corrected chi connectivity index (χ2v) is 8.28. The predicted molar refractivity (Wildman–Crippen MR) is 99.1 cm³/mol. The fourth-order valence-electron chi connectivity index (χ4n) is 1.41. The Labute approximate surface area is 148 Å². The molecule has 1 rings (SSSR count). The monoisotopic (exact) mass is 446 g/mol. The summed E-state index contributed by atoms with van der Waals surface area (Å²) in [5, 5.41) is 6.32. The third-order valence-electron chi connectivity index (χ3n) is 2.45. The van der Waals surface area contributed by atoms with Crippen molar-refractivity contribution in [2.45, 2.75) is 30.6 Å². The van der Waals surface area contributed by atoms with Crippen LogP contribution in [-0.4, -0.2) is 45.9 Å². The van der Waals surface area contributed by atoms with Gasteiger partial charge in [-0.3, -0.25) is 4.99 Å². The van der Waals surface area contributed by atoms with Crippen LogP contribution in [0.1, 0.15) is 18.7 Å². The molecule has 0 saturated carbocycles. The highest BCUT2D eigenvalue weighted by Crippen LogP contribution is 2.23. The molecule has 0 amide bonds. The first-order valence-corrected chi connectivity index (χ1v) is 8.51. The Balaban J connectivity index is 0.00000400. The number of halogens is 1. The molecule has 0 aromatic carbocycles. The summed E-state index contributed by atoms with van der Waals surface area (Å²) in [6.07, 6.45) is 0. The van der Waals surface area contributed by atoms with Crippen LogP contribution in [0.5, 0.6) is 0 Å². The maximum Gasteiger partial charge on any atom is 0.252 e. The molecule has 2 N–H and O–H groups in total. The van der Waals surface area contributed by atoms with Gasteiger partial charge >= 0.3 is 0 Å². The zero-order chi connectivity index (χ0) is 15.3. The Bertz CT molecular complexity index is 568. The van der Waals surface area contributed by atoms with E-state index in [0.29, 0.717) is 16.7 Å². The van der Waals surface area contributed by atoms with Gasteiger partial charge in [-0.15, -0.1) is 35.3 Å². The van der Waals surface area contributed by atoms with Crippen LogP contribution < -0.4 is 10.6 Å². The van der Waals surface area contributed by atoms with Gasteiger partial charge in [0, 0.05) is 32.1 Å². The van der Waals surface area contributed by atoms with Gasteiger partial charge in [-0.1, -0.05) is 0 Å². The molecule has 9 heteroatoms. The number of thiophene rings is 1. The Kier molecular flexibility index (Phi) is 8.74. The van der Waals surface area contributed by atoms with E-state index < -0.39 is 10.0 Å². The van der Waals surface area contributed by atoms with E-state index >= 15 is 0 Å². The molecule has 21 heavy (non-hydrogen) atoms. The van der Waals surface area contributed by atoms with Gasteiger partial charge in [0.1, 0.15) is 4.21 Å². The lowest BCUT2D eigenvalue weighted by Gasteiger charge is -2.13. The minimum Gasteiger partial charge on any atom is -0.354 e. The average Bonchev–Trinajstić information content (AvgIpc) is 2.83. The van der Waals surface area contributed by atoms with Crippen molar-refractivity contribution >= 4 is 51.3 Å². The molecule has 1 aromatic rings. The highest BCUT2D eigenvalue weighted by Gasteiger charge is 2.19.